The number of carbonyl (C=O) groups excluding carboxylic acids is 1. The summed E-state index contributed by atoms with van der Waals surface area (Å²) in [6.07, 6.45) is 1.13. The zero-order chi connectivity index (χ0) is 14.3. The van der Waals surface area contributed by atoms with Gasteiger partial charge in [0.25, 0.3) is 0 Å². The standard InChI is InChI=1S/C10H16N2O6S/c1-16-2-3-17-4-5-18-10(13)9-6-8(7-12-9)19(11,14)15/h6-7,12H,2-5H2,1H3,(H2,11,14,15). The van der Waals surface area contributed by atoms with E-state index in [4.69, 9.17) is 19.3 Å². The molecule has 1 heterocycles. The van der Waals surface area contributed by atoms with Gasteiger partial charge < -0.3 is 19.2 Å². The number of carbonyl (C=O) groups is 1. The van der Waals surface area contributed by atoms with E-state index in [1.807, 2.05) is 0 Å². The Morgan fingerprint density at radius 2 is 2.00 bits per heavy atom. The molecule has 0 aromatic carbocycles. The fourth-order valence-corrected chi connectivity index (χ4v) is 1.68. The molecule has 108 valence electrons. The summed E-state index contributed by atoms with van der Waals surface area (Å²) in [6, 6.07) is 1.11. The summed E-state index contributed by atoms with van der Waals surface area (Å²) in [7, 11) is -2.28. The van der Waals surface area contributed by atoms with E-state index in [1.165, 1.54) is 0 Å². The second-order valence-corrected chi connectivity index (χ2v) is 5.10. The van der Waals surface area contributed by atoms with Crippen LogP contribution in [0.5, 0.6) is 0 Å². The lowest BCUT2D eigenvalue weighted by molar-refractivity contribution is 0.0210. The van der Waals surface area contributed by atoms with Crippen LogP contribution in [0.4, 0.5) is 0 Å². The molecule has 0 amide bonds. The molecule has 0 saturated heterocycles. The smallest absolute Gasteiger partial charge is 0.354 e. The number of rotatable bonds is 8. The molecule has 0 aliphatic carbocycles. The molecule has 0 atom stereocenters. The minimum absolute atomic E-state index is 0.0147. The lowest BCUT2D eigenvalue weighted by Crippen LogP contribution is -2.13. The molecule has 0 fully saturated rings. The first-order valence-corrected chi connectivity index (χ1v) is 6.95. The third-order valence-corrected chi connectivity index (χ3v) is 2.99. The molecule has 1 aromatic heterocycles. The zero-order valence-corrected chi connectivity index (χ0v) is 11.2. The van der Waals surface area contributed by atoms with Crippen molar-refractivity contribution in [3.8, 4) is 0 Å². The Labute approximate surface area is 110 Å². The number of nitrogens with two attached hydrogens (primary N) is 1. The van der Waals surface area contributed by atoms with Gasteiger partial charge in [-0.05, 0) is 6.07 Å². The highest BCUT2D eigenvalue weighted by molar-refractivity contribution is 7.89. The number of sulfonamides is 1. The van der Waals surface area contributed by atoms with Crippen molar-refractivity contribution in [2.24, 2.45) is 5.14 Å². The first-order valence-electron chi connectivity index (χ1n) is 5.40. The van der Waals surface area contributed by atoms with E-state index in [1.54, 1.807) is 7.11 Å². The second-order valence-electron chi connectivity index (χ2n) is 3.54. The van der Waals surface area contributed by atoms with Crippen molar-refractivity contribution >= 4 is 16.0 Å². The molecule has 1 aromatic rings. The number of aromatic nitrogens is 1. The summed E-state index contributed by atoms with van der Waals surface area (Å²) in [4.78, 5) is 13.8. The van der Waals surface area contributed by atoms with Crippen LogP contribution < -0.4 is 5.14 Å². The fourth-order valence-electron chi connectivity index (χ4n) is 1.17. The van der Waals surface area contributed by atoms with Crippen molar-refractivity contribution in [3.05, 3.63) is 18.0 Å². The van der Waals surface area contributed by atoms with Crippen LogP contribution in [0.15, 0.2) is 17.2 Å². The molecule has 0 aliphatic rings. The Hall–Kier alpha value is -1.42. The number of esters is 1. The van der Waals surface area contributed by atoms with Crippen LogP contribution in [-0.2, 0) is 24.2 Å². The summed E-state index contributed by atoms with van der Waals surface area (Å²) in [5.41, 5.74) is 0.0147. The quantitative estimate of drug-likeness (QED) is 0.491. The van der Waals surface area contributed by atoms with Crippen molar-refractivity contribution in [1.82, 2.24) is 4.98 Å². The van der Waals surface area contributed by atoms with Crippen LogP contribution in [-0.4, -0.2) is 52.9 Å². The van der Waals surface area contributed by atoms with E-state index < -0.39 is 16.0 Å². The Balaban J connectivity index is 2.36. The van der Waals surface area contributed by atoms with Crippen LogP contribution in [0.2, 0.25) is 0 Å². The lowest BCUT2D eigenvalue weighted by Gasteiger charge is -2.04. The van der Waals surface area contributed by atoms with Gasteiger partial charge in [-0.15, -0.1) is 0 Å². The van der Waals surface area contributed by atoms with Gasteiger partial charge in [0.15, 0.2) is 0 Å². The molecule has 0 aliphatic heterocycles. The zero-order valence-electron chi connectivity index (χ0n) is 10.4. The fraction of sp³-hybridized carbons (Fsp3) is 0.500. The Morgan fingerprint density at radius 1 is 1.32 bits per heavy atom. The third-order valence-electron chi connectivity index (χ3n) is 2.10. The summed E-state index contributed by atoms with van der Waals surface area (Å²) >= 11 is 0. The summed E-state index contributed by atoms with van der Waals surface area (Å²) in [5.74, 6) is -0.676. The minimum Gasteiger partial charge on any atom is -0.459 e. The Morgan fingerprint density at radius 3 is 2.58 bits per heavy atom. The highest BCUT2D eigenvalue weighted by Crippen LogP contribution is 2.09. The van der Waals surface area contributed by atoms with E-state index >= 15 is 0 Å². The topological polar surface area (TPSA) is 121 Å². The Kier molecular flexibility index (Phi) is 5.96. The maximum Gasteiger partial charge on any atom is 0.354 e. The van der Waals surface area contributed by atoms with E-state index in [-0.39, 0.29) is 23.8 Å². The largest absolute Gasteiger partial charge is 0.459 e. The number of hydrogen-bond acceptors (Lipinski definition) is 6. The number of primary sulfonamides is 1. The molecule has 8 nitrogen and oxygen atoms in total. The minimum atomic E-state index is -3.83. The van der Waals surface area contributed by atoms with Gasteiger partial charge >= 0.3 is 5.97 Å². The van der Waals surface area contributed by atoms with Gasteiger partial charge in [0, 0.05) is 13.3 Å². The third kappa shape index (κ3) is 5.39. The van der Waals surface area contributed by atoms with E-state index in [9.17, 15) is 13.2 Å². The van der Waals surface area contributed by atoms with Crippen molar-refractivity contribution in [2.45, 2.75) is 4.90 Å². The predicted octanol–water partition coefficient (Wildman–Crippen LogP) is -0.518. The molecule has 1 rings (SSSR count). The van der Waals surface area contributed by atoms with Crippen LogP contribution in [0, 0.1) is 0 Å². The molecular weight excluding hydrogens is 276 g/mol. The first-order chi connectivity index (χ1) is 8.95. The number of aromatic amines is 1. The molecule has 0 unspecified atom stereocenters. The van der Waals surface area contributed by atoms with Gasteiger partial charge in [0.2, 0.25) is 10.0 Å². The van der Waals surface area contributed by atoms with Gasteiger partial charge in [-0.3, -0.25) is 0 Å². The monoisotopic (exact) mass is 292 g/mol. The molecular formula is C10H16N2O6S. The maximum absolute atomic E-state index is 11.5. The molecule has 0 saturated carbocycles. The van der Waals surface area contributed by atoms with Crippen LogP contribution in [0.1, 0.15) is 10.5 Å². The van der Waals surface area contributed by atoms with Crippen LogP contribution in [0.25, 0.3) is 0 Å². The number of H-pyrrole nitrogens is 1. The highest BCUT2D eigenvalue weighted by Gasteiger charge is 2.15. The number of nitrogens with one attached hydrogen (secondary N) is 1. The second kappa shape index (κ2) is 7.24. The summed E-state index contributed by atoms with van der Waals surface area (Å²) in [5, 5.41) is 4.91. The van der Waals surface area contributed by atoms with Crippen LogP contribution >= 0.6 is 0 Å². The van der Waals surface area contributed by atoms with Gasteiger partial charge in [-0.1, -0.05) is 0 Å². The SMILES string of the molecule is COCCOCCOC(=O)c1cc(S(N)(=O)=O)c[nH]1. The lowest BCUT2D eigenvalue weighted by atomic mass is 10.4. The van der Waals surface area contributed by atoms with Gasteiger partial charge in [-0.2, -0.15) is 0 Å². The number of hydrogen-bond donors (Lipinski definition) is 2. The average Bonchev–Trinajstić information content (AvgIpc) is 2.82. The first kappa shape index (κ1) is 15.6. The van der Waals surface area contributed by atoms with E-state index in [0.717, 1.165) is 12.3 Å². The van der Waals surface area contributed by atoms with Gasteiger partial charge in [0.1, 0.15) is 17.2 Å². The van der Waals surface area contributed by atoms with Crippen molar-refractivity contribution in [1.29, 1.82) is 0 Å². The predicted molar refractivity (Wildman–Crippen MR) is 65.1 cm³/mol. The van der Waals surface area contributed by atoms with Crippen molar-refractivity contribution < 1.29 is 27.4 Å². The number of methoxy groups -OCH3 is 1. The molecule has 0 spiro atoms. The van der Waals surface area contributed by atoms with Crippen LogP contribution in [0.3, 0.4) is 0 Å². The van der Waals surface area contributed by atoms with Gasteiger partial charge in [0.05, 0.1) is 19.8 Å². The number of ether oxygens (including phenoxy) is 3. The Bertz CT molecular complexity index is 510. The van der Waals surface area contributed by atoms with Crippen molar-refractivity contribution in [2.75, 3.05) is 33.5 Å². The molecule has 0 radical (unpaired) electrons. The molecule has 0 bridgehead atoms. The maximum atomic E-state index is 11.5. The highest BCUT2D eigenvalue weighted by atomic mass is 32.2. The van der Waals surface area contributed by atoms with E-state index in [2.05, 4.69) is 4.98 Å². The molecule has 19 heavy (non-hydrogen) atoms. The summed E-state index contributed by atoms with van der Waals surface area (Å²) < 4.78 is 36.7. The van der Waals surface area contributed by atoms with Gasteiger partial charge in [-0.25, -0.2) is 18.4 Å². The normalized spacial score (nSPS) is 11.5. The average molecular weight is 292 g/mol. The molecule has 3 N–H and O–H groups in total. The molecule has 9 heteroatoms. The summed E-state index contributed by atoms with van der Waals surface area (Å²) in [6.45, 7) is 1.17. The van der Waals surface area contributed by atoms with Crippen molar-refractivity contribution in [3.63, 3.8) is 0 Å². The van der Waals surface area contributed by atoms with E-state index in [0.29, 0.717) is 13.2 Å².